The molecule has 0 saturated carbocycles. The molecule has 1 nitrogen and oxygen atoms in total. The van der Waals surface area contributed by atoms with Gasteiger partial charge in [0.15, 0.2) is 0 Å². The summed E-state index contributed by atoms with van der Waals surface area (Å²) < 4.78 is 0. The minimum atomic E-state index is -1.35. The molecule has 0 aliphatic rings. The molecule has 0 saturated heterocycles. The number of benzene rings is 3. The van der Waals surface area contributed by atoms with Gasteiger partial charge < -0.3 is 4.90 Å². The molecule has 0 aromatic heterocycles. The van der Waals surface area contributed by atoms with Gasteiger partial charge in [-0.3, -0.25) is 0 Å². The first-order valence-corrected chi connectivity index (χ1v) is 13.8. The number of hydrogen-bond donors (Lipinski definition) is 0. The van der Waals surface area contributed by atoms with Crippen LogP contribution >= 0.6 is 0 Å². The fourth-order valence-electron chi connectivity index (χ4n) is 2.67. The zero-order valence-corrected chi connectivity index (χ0v) is 19.9. The van der Waals surface area contributed by atoms with Gasteiger partial charge in [-0.1, -0.05) is 49.2 Å². The minimum absolute atomic E-state index is 0.975. The maximum absolute atomic E-state index is 3.39. The van der Waals surface area contributed by atoms with Gasteiger partial charge in [-0.05, 0) is 72.8 Å². The third-order valence-electron chi connectivity index (χ3n) is 4.44. The molecule has 0 bridgehead atoms. The number of nitrogens with zero attached hydrogens (tertiary/aromatic N) is 1. The first-order chi connectivity index (χ1) is 14.8. The largest absolute Gasteiger partial charge is 0.378 e. The molecule has 0 aliphatic heterocycles. The summed E-state index contributed by atoms with van der Waals surface area (Å²) in [5.74, 6) is 16.2. The van der Waals surface area contributed by atoms with Crippen LogP contribution in [0.3, 0.4) is 0 Å². The van der Waals surface area contributed by atoms with E-state index in [1.165, 1.54) is 5.69 Å². The molecular weight excluding hydrogens is 390 g/mol. The summed E-state index contributed by atoms with van der Waals surface area (Å²) >= 11 is 0. The molecule has 152 valence electrons. The van der Waals surface area contributed by atoms with Crippen LogP contribution in [0.1, 0.15) is 27.8 Å². The van der Waals surface area contributed by atoms with Crippen molar-refractivity contribution in [2.24, 2.45) is 0 Å². The highest BCUT2D eigenvalue weighted by atomic mass is 28.3. The fraction of sp³-hybridized carbons (Fsp3) is 0.172. The second-order valence-electron chi connectivity index (χ2n) is 8.60. The predicted molar refractivity (Wildman–Crippen MR) is 136 cm³/mol. The first kappa shape index (κ1) is 22.1. The van der Waals surface area contributed by atoms with Gasteiger partial charge in [0.25, 0.3) is 0 Å². The van der Waals surface area contributed by atoms with Crippen molar-refractivity contribution in [2.45, 2.75) is 19.6 Å². The zero-order valence-electron chi connectivity index (χ0n) is 18.9. The lowest BCUT2D eigenvalue weighted by Crippen LogP contribution is -2.16. The molecule has 0 fully saturated rings. The van der Waals surface area contributed by atoms with Crippen molar-refractivity contribution in [3.8, 4) is 35.1 Å². The summed E-state index contributed by atoms with van der Waals surface area (Å²) in [5, 5.41) is 0. The van der Waals surface area contributed by atoms with E-state index in [9.17, 15) is 0 Å². The van der Waals surface area contributed by atoms with Crippen molar-refractivity contribution in [1.29, 1.82) is 0 Å². The van der Waals surface area contributed by atoms with E-state index in [0.717, 1.165) is 27.8 Å². The van der Waals surface area contributed by atoms with Gasteiger partial charge in [0.1, 0.15) is 8.07 Å². The lowest BCUT2D eigenvalue weighted by atomic mass is 10.1. The van der Waals surface area contributed by atoms with Crippen LogP contribution in [0.15, 0.2) is 72.8 Å². The van der Waals surface area contributed by atoms with Crippen LogP contribution in [0, 0.1) is 35.1 Å². The average Bonchev–Trinajstić information content (AvgIpc) is 2.76. The number of rotatable bonds is 1. The Morgan fingerprint density at radius 2 is 0.774 bits per heavy atom. The highest BCUT2D eigenvalue weighted by Crippen LogP contribution is 2.12. The lowest BCUT2D eigenvalue weighted by molar-refractivity contribution is 1.13. The van der Waals surface area contributed by atoms with E-state index in [0.29, 0.717) is 0 Å². The van der Waals surface area contributed by atoms with Crippen LogP contribution < -0.4 is 4.90 Å². The Balaban J connectivity index is 1.65. The van der Waals surface area contributed by atoms with Crippen molar-refractivity contribution in [3.05, 3.63) is 101 Å². The van der Waals surface area contributed by atoms with E-state index >= 15 is 0 Å². The average molecular weight is 418 g/mol. The summed E-state index contributed by atoms with van der Waals surface area (Å²) in [6.07, 6.45) is 0. The fourth-order valence-corrected chi connectivity index (χ4v) is 3.18. The normalized spacial score (nSPS) is 9.97. The Hall–Kier alpha value is -3.64. The van der Waals surface area contributed by atoms with Crippen molar-refractivity contribution >= 4 is 13.8 Å². The van der Waals surface area contributed by atoms with Gasteiger partial charge in [0.2, 0.25) is 0 Å². The maximum Gasteiger partial charge on any atom is 0.129 e. The lowest BCUT2D eigenvalue weighted by Gasteiger charge is -2.11. The molecule has 0 N–H and O–H groups in total. The van der Waals surface area contributed by atoms with Gasteiger partial charge in [-0.25, -0.2) is 0 Å². The number of anilines is 1. The van der Waals surface area contributed by atoms with Crippen LogP contribution in [0.2, 0.25) is 19.6 Å². The molecule has 0 unspecified atom stereocenters. The molecule has 0 amide bonds. The summed E-state index contributed by atoms with van der Waals surface area (Å²) in [6.45, 7) is 6.75. The quantitative estimate of drug-likeness (QED) is 0.358. The van der Waals surface area contributed by atoms with Gasteiger partial charge >= 0.3 is 0 Å². The topological polar surface area (TPSA) is 3.24 Å². The van der Waals surface area contributed by atoms with Gasteiger partial charge in [0.05, 0.1) is 0 Å². The van der Waals surface area contributed by atoms with Gasteiger partial charge in [0, 0.05) is 47.6 Å². The Morgan fingerprint density at radius 3 is 1.06 bits per heavy atom. The van der Waals surface area contributed by atoms with Crippen LogP contribution in [-0.4, -0.2) is 22.2 Å². The molecule has 2 heteroatoms. The van der Waals surface area contributed by atoms with Crippen molar-refractivity contribution < 1.29 is 0 Å². The molecule has 0 spiro atoms. The van der Waals surface area contributed by atoms with Crippen LogP contribution in [0.25, 0.3) is 0 Å². The van der Waals surface area contributed by atoms with Crippen molar-refractivity contribution in [1.82, 2.24) is 0 Å². The smallest absolute Gasteiger partial charge is 0.129 e. The third kappa shape index (κ3) is 7.28. The zero-order chi connectivity index (χ0) is 22.3. The van der Waals surface area contributed by atoms with Gasteiger partial charge in [-0.15, -0.1) is 5.54 Å². The van der Waals surface area contributed by atoms with Crippen molar-refractivity contribution in [2.75, 3.05) is 19.0 Å². The van der Waals surface area contributed by atoms with Crippen molar-refractivity contribution in [3.63, 3.8) is 0 Å². The van der Waals surface area contributed by atoms with Crippen LogP contribution in [-0.2, 0) is 0 Å². The molecule has 3 aromatic carbocycles. The molecule has 31 heavy (non-hydrogen) atoms. The Kier molecular flexibility index (Phi) is 7.05. The van der Waals surface area contributed by atoms with Crippen LogP contribution in [0.4, 0.5) is 5.69 Å². The molecular formula is C29H27NSi. The van der Waals surface area contributed by atoms with E-state index in [2.05, 4.69) is 71.8 Å². The second kappa shape index (κ2) is 9.91. The maximum atomic E-state index is 3.39. The molecule has 0 radical (unpaired) electrons. The highest BCUT2D eigenvalue weighted by molar-refractivity contribution is 6.83. The summed E-state index contributed by atoms with van der Waals surface area (Å²) in [6, 6.07) is 24.4. The molecule has 3 aromatic rings. The monoisotopic (exact) mass is 417 g/mol. The number of hydrogen-bond acceptors (Lipinski definition) is 1. The van der Waals surface area contributed by atoms with E-state index in [1.54, 1.807) is 0 Å². The summed E-state index contributed by atoms with van der Waals surface area (Å²) in [7, 11) is 2.71. The minimum Gasteiger partial charge on any atom is -0.378 e. The van der Waals surface area contributed by atoms with E-state index in [4.69, 9.17) is 0 Å². The Morgan fingerprint density at radius 1 is 0.484 bits per heavy atom. The van der Waals surface area contributed by atoms with E-state index in [1.807, 2.05) is 74.8 Å². The second-order valence-corrected chi connectivity index (χ2v) is 13.3. The molecule has 0 heterocycles. The van der Waals surface area contributed by atoms with E-state index < -0.39 is 8.07 Å². The Labute approximate surface area is 188 Å². The van der Waals surface area contributed by atoms with Gasteiger partial charge in [-0.2, -0.15) is 0 Å². The van der Waals surface area contributed by atoms with E-state index in [-0.39, 0.29) is 0 Å². The highest BCUT2D eigenvalue weighted by Gasteiger charge is 2.07. The SMILES string of the molecule is CN(C)c1ccc(C#Cc2ccc(C#Cc3ccc(C#C[Si](C)(C)C)cc3)cc2)cc1. The predicted octanol–water partition coefficient (Wildman–Crippen LogP) is 5.78. The Bertz CT molecular complexity index is 1210. The molecule has 3 rings (SSSR count). The third-order valence-corrected chi connectivity index (χ3v) is 5.31. The molecule has 0 aliphatic carbocycles. The summed E-state index contributed by atoms with van der Waals surface area (Å²) in [4.78, 5) is 2.08. The summed E-state index contributed by atoms with van der Waals surface area (Å²) in [5.41, 5.74) is 9.56. The standard InChI is InChI=1S/C29H27NSi/c1-30(2)29-20-18-27(19-21-29)13-12-25-8-6-24(7-9-25)10-11-26-14-16-28(17-15-26)22-23-31(3,4)5/h6-9,14-21H,1-5H3. The molecule has 0 atom stereocenters. The van der Waals surface area contributed by atoms with Crippen LogP contribution in [0.5, 0.6) is 0 Å². The first-order valence-electron chi connectivity index (χ1n) is 10.3.